The van der Waals surface area contributed by atoms with Crippen LogP contribution in [0.3, 0.4) is 0 Å². The van der Waals surface area contributed by atoms with Crippen LogP contribution in [0, 0.1) is 0 Å². The van der Waals surface area contributed by atoms with Crippen molar-refractivity contribution in [3.05, 3.63) is 96.1 Å². The maximum absolute atomic E-state index is 13.0. The molecule has 0 aliphatic heterocycles. The summed E-state index contributed by atoms with van der Waals surface area (Å²) in [6, 6.07) is 23.1. The van der Waals surface area contributed by atoms with Crippen LogP contribution >= 0.6 is 0 Å². The third-order valence-electron chi connectivity index (χ3n) is 6.32. The van der Waals surface area contributed by atoms with E-state index < -0.39 is 11.8 Å². The highest BCUT2D eigenvalue weighted by atomic mass is 16.5. The molecular formula is C30H24N2O6. The summed E-state index contributed by atoms with van der Waals surface area (Å²) >= 11 is 0. The largest absolute Gasteiger partial charge is 0.507 e. The van der Waals surface area contributed by atoms with Crippen molar-refractivity contribution in [2.75, 3.05) is 24.9 Å². The van der Waals surface area contributed by atoms with Gasteiger partial charge in [0.2, 0.25) is 0 Å². The zero-order valence-electron chi connectivity index (χ0n) is 20.6. The van der Waals surface area contributed by atoms with Crippen molar-refractivity contribution in [1.29, 1.82) is 0 Å². The lowest BCUT2D eigenvalue weighted by Crippen LogP contribution is -2.14. The zero-order valence-corrected chi connectivity index (χ0v) is 20.6. The Kier molecular flexibility index (Phi) is 6.45. The first-order chi connectivity index (χ1) is 18.4. The van der Waals surface area contributed by atoms with Crippen LogP contribution in [0.15, 0.2) is 84.9 Å². The van der Waals surface area contributed by atoms with Gasteiger partial charge < -0.3 is 30.3 Å². The van der Waals surface area contributed by atoms with E-state index in [1.807, 2.05) is 0 Å². The van der Waals surface area contributed by atoms with Crippen molar-refractivity contribution >= 4 is 44.7 Å². The third kappa shape index (κ3) is 4.39. The summed E-state index contributed by atoms with van der Waals surface area (Å²) in [6.45, 7) is 0. The van der Waals surface area contributed by atoms with E-state index in [4.69, 9.17) is 9.47 Å². The van der Waals surface area contributed by atoms with Crippen molar-refractivity contribution in [2.24, 2.45) is 0 Å². The number of phenolic OH excluding ortho intramolecular Hbond substituents is 2. The second-order valence-electron chi connectivity index (χ2n) is 8.52. The van der Waals surface area contributed by atoms with Gasteiger partial charge in [-0.2, -0.15) is 0 Å². The molecule has 0 spiro atoms. The fourth-order valence-electron chi connectivity index (χ4n) is 4.34. The third-order valence-corrected chi connectivity index (χ3v) is 6.32. The molecule has 0 bridgehead atoms. The summed E-state index contributed by atoms with van der Waals surface area (Å²) < 4.78 is 10.3. The fourth-order valence-corrected chi connectivity index (χ4v) is 4.34. The molecule has 0 aromatic heterocycles. The highest BCUT2D eigenvalue weighted by Crippen LogP contribution is 2.47. The van der Waals surface area contributed by atoms with Crippen LogP contribution in [0.25, 0.3) is 21.5 Å². The summed E-state index contributed by atoms with van der Waals surface area (Å²) in [7, 11) is 3.07. The van der Waals surface area contributed by atoms with E-state index in [9.17, 15) is 19.8 Å². The number of rotatable bonds is 6. The molecule has 4 N–H and O–H groups in total. The van der Waals surface area contributed by atoms with E-state index in [2.05, 4.69) is 10.6 Å². The van der Waals surface area contributed by atoms with Crippen LogP contribution < -0.4 is 20.1 Å². The van der Waals surface area contributed by atoms with Gasteiger partial charge in [0, 0.05) is 21.9 Å². The van der Waals surface area contributed by atoms with E-state index in [0.717, 1.165) is 0 Å². The predicted octanol–water partition coefficient (Wildman–Crippen LogP) is 5.93. The average molecular weight is 509 g/mol. The summed E-state index contributed by atoms with van der Waals surface area (Å²) in [5.41, 5.74) is 1.28. The maximum Gasteiger partial charge on any atom is 0.255 e. The molecule has 0 unspecified atom stereocenters. The molecule has 5 rings (SSSR count). The smallest absolute Gasteiger partial charge is 0.255 e. The number of fused-ring (bicyclic) bond motifs is 2. The first-order valence-corrected chi connectivity index (χ1v) is 11.7. The second-order valence-corrected chi connectivity index (χ2v) is 8.52. The van der Waals surface area contributed by atoms with Gasteiger partial charge in [-0.1, -0.05) is 24.3 Å². The predicted molar refractivity (Wildman–Crippen MR) is 147 cm³/mol. The first kappa shape index (κ1) is 24.5. The summed E-state index contributed by atoms with van der Waals surface area (Å²) in [5.74, 6) is 0.0981. The number of anilines is 2. The summed E-state index contributed by atoms with van der Waals surface area (Å²) in [5, 5.41) is 29.4. The monoisotopic (exact) mass is 508 g/mol. The van der Waals surface area contributed by atoms with Gasteiger partial charge in [-0.25, -0.2) is 0 Å². The molecule has 2 amide bonds. The van der Waals surface area contributed by atoms with E-state index in [1.54, 1.807) is 84.9 Å². The minimum Gasteiger partial charge on any atom is -0.507 e. The Morgan fingerprint density at radius 2 is 0.947 bits per heavy atom. The van der Waals surface area contributed by atoms with E-state index in [-0.39, 0.29) is 33.6 Å². The molecule has 0 aliphatic carbocycles. The number of benzene rings is 5. The van der Waals surface area contributed by atoms with Crippen LogP contribution in [0.5, 0.6) is 23.0 Å². The van der Waals surface area contributed by atoms with Gasteiger partial charge in [-0.3, -0.25) is 9.59 Å². The minimum atomic E-state index is -0.420. The van der Waals surface area contributed by atoms with Gasteiger partial charge in [0.25, 0.3) is 11.8 Å². The van der Waals surface area contributed by atoms with Crippen LogP contribution in [0.4, 0.5) is 11.4 Å². The molecule has 0 fully saturated rings. The minimum absolute atomic E-state index is 0.140. The van der Waals surface area contributed by atoms with Gasteiger partial charge in [0.05, 0.1) is 36.4 Å². The number of hydrogen-bond donors (Lipinski definition) is 4. The number of nitrogens with one attached hydrogen (secondary N) is 2. The molecule has 8 heteroatoms. The fraction of sp³-hybridized carbons (Fsp3) is 0.0667. The van der Waals surface area contributed by atoms with Gasteiger partial charge in [0.1, 0.15) is 23.0 Å². The highest BCUT2D eigenvalue weighted by Gasteiger charge is 2.21. The van der Waals surface area contributed by atoms with Crippen LogP contribution in [-0.2, 0) is 0 Å². The van der Waals surface area contributed by atoms with Gasteiger partial charge in [0.15, 0.2) is 0 Å². The number of hydrogen-bond acceptors (Lipinski definition) is 6. The SMILES string of the molecule is COc1ccc(C(=O)Nc2ccc(NC(=O)c3ccc(OC)cc3)c3c(O)c4ccccc4c(O)c23)cc1. The Morgan fingerprint density at radius 1 is 0.579 bits per heavy atom. The van der Waals surface area contributed by atoms with Crippen molar-refractivity contribution in [2.45, 2.75) is 0 Å². The number of carbonyl (C=O) groups is 2. The number of phenols is 2. The number of aromatic hydroxyl groups is 2. The van der Waals surface area contributed by atoms with Gasteiger partial charge >= 0.3 is 0 Å². The molecule has 5 aromatic rings. The highest BCUT2D eigenvalue weighted by molar-refractivity contribution is 6.23. The molecule has 0 aliphatic rings. The normalized spacial score (nSPS) is 10.8. The Balaban J connectivity index is 1.62. The average Bonchev–Trinajstić information content (AvgIpc) is 2.96. The maximum atomic E-state index is 13.0. The molecule has 0 radical (unpaired) electrons. The molecule has 0 heterocycles. The van der Waals surface area contributed by atoms with Crippen molar-refractivity contribution < 1.29 is 29.3 Å². The van der Waals surface area contributed by atoms with Crippen LogP contribution in [0.2, 0.25) is 0 Å². The van der Waals surface area contributed by atoms with Crippen LogP contribution in [0.1, 0.15) is 20.7 Å². The first-order valence-electron chi connectivity index (χ1n) is 11.7. The Hall–Kier alpha value is -5.24. The van der Waals surface area contributed by atoms with Crippen molar-refractivity contribution in [3.63, 3.8) is 0 Å². The van der Waals surface area contributed by atoms with E-state index in [0.29, 0.717) is 33.4 Å². The molecule has 0 atom stereocenters. The van der Waals surface area contributed by atoms with Crippen LogP contribution in [-0.4, -0.2) is 36.2 Å². The molecule has 190 valence electrons. The zero-order chi connectivity index (χ0) is 26.8. The van der Waals surface area contributed by atoms with Crippen molar-refractivity contribution in [1.82, 2.24) is 0 Å². The molecule has 5 aromatic carbocycles. The van der Waals surface area contributed by atoms with Crippen molar-refractivity contribution in [3.8, 4) is 23.0 Å². The molecular weight excluding hydrogens is 484 g/mol. The lowest BCUT2D eigenvalue weighted by molar-refractivity contribution is 0.101. The standard InChI is InChI=1S/C30H24N2O6/c1-37-19-11-7-17(8-12-19)29(35)31-23-15-16-24(32-30(36)18-9-13-20(38-2)14-10-18)26-25(23)27(33)21-5-3-4-6-22(21)28(26)34/h3-16,33-34H,1-2H3,(H,31,35)(H,32,36). The lowest BCUT2D eigenvalue weighted by atomic mass is 9.97. The molecule has 8 nitrogen and oxygen atoms in total. The van der Waals surface area contributed by atoms with Gasteiger partial charge in [-0.05, 0) is 60.7 Å². The Labute approximate surface area is 218 Å². The molecule has 0 saturated heterocycles. The second kappa shape index (κ2) is 10.0. The number of amides is 2. The Bertz CT molecular complexity index is 1550. The number of ether oxygens (including phenoxy) is 2. The Morgan fingerprint density at radius 3 is 1.29 bits per heavy atom. The topological polar surface area (TPSA) is 117 Å². The summed E-state index contributed by atoms with van der Waals surface area (Å²) in [4.78, 5) is 26.1. The molecule has 0 saturated carbocycles. The van der Waals surface area contributed by atoms with Gasteiger partial charge in [-0.15, -0.1) is 0 Å². The lowest BCUT2D eigenvalue weighted by Gasteiger charge is -2.18. The summed E-state index contributed by atoms with van der Waals surface area (Å²) in [6.07, 6.45) is 0. The van der Waals surface area contributed by atoms with E-state index >= 15 is 0 Å². The quantitative estimate of drug-likeness (QED) is 0.167. The van der Waals surface area contributed by atoms with E-state index in [1.165, 1.54) is 14.2 Å². The number of carbonyl (C=O) groups excluding carboxylic acids is 2. The molecule has 38 heavy (non-hydrogen) atoms. The number of methoxy groups -OCH3 is 2.